The molecule has 1 aromatic heterocycles. The molecule has 0 radical (unpaired) electrons. The van der Waals surface area contributed by atoms with Crippen molar-refractivity contribution < 1.29 is 9.47 Å². The summed E-state index contributed by atoms with van der Waals surface area (Å²) >= 11 is 0. The molecule has 0 aliphatic carbocycles. The lowest BCUT2D eigenvalue weighted by atomic mass is 10.1. The van der Waals surface area contributed by atoms with Crippen molar-refractivity contribution in [1.82, 2.24) is 15.3 Å². The lowest BCUT2D eigenvalue weighted by Crippen LogP contribution is -2.37. The fourth-order valence-corrected chi connectivity index (χ4v) is 2.87. The molecule has 28 heavy (non-hydrogen) atoms. The average molecular weight is 384 g/mol. The molecule has 2 aromatic rings. The van der Waals surface area contributed by atoms with Crippen molar-refractivity contribution >= 4 is 17.7 Å². The van der Waals surface area contributed by atoms with E-state index in [0.29, 0.717) is 38.1 Å². The largest absolute Gasteiger partial charge is 0.462 e. The van der Waals surface area contributed by atoms with E-state index in [1.165, 1.54) is 0 Å². The number of morpholine rings is 1. The fourth-order valence-electron chi connectivity index (χ4n) is 2.87. The molecule has 8 nitrogen and oxygen atoms in total. The molecule has 1 aliphatic heterocycles. The Labute approximate surface area is 165 Å². The first-order valence-electron chi connectivity index (χ1n) is 9.49. The number of nitrogens with zero attached hydrogens (tertiary/aromatic N) is 4. The lowest BCUT2D eigenvalue weighted by molar-refractivity contribution is 0.122. The molecule has 0 unspecified atom stereocenters. The summed E-state index contributed by atoms with van der Waals surface area (Å²) in [5.74, 6) is 0.828. The molecule has 1 fully saturated rings. The van der Waals surface area contributed by atoms with Crippen molar-refractivity contribution in [2.24, 2.45) is 4.99 Å². The summed E-state index contributed by atoms with van der Waals surface area (Å²) in [4.78, 5) is 15.7. The number of aliphatic imine (C=N–C) groups is 1. The van der Waals surface area contributed by atoms with E-state index in [1.54, 1.807) is 6.21 Å². The summed E-state index contributed by atoms with van der Waals surface area (Å²) in [5, 5.41) is 3.05. The van der Waals surface area contributed by atoms with Crippen molar-refractivity contribution in [2.75, 3.05) is 57.1 Å². The van der Waals surface area contributed by atoms with Gasteiger partial charge in [-0.15, -0.1) is 0 Å². The maximum Gasteiger partial charge on any atom is 0.319 e. The van der Waals surface area contributed by atoms with Gasteiger partial charge in [0.05, 0.1) is 25.5 Å². The highest BCUT2D eigenvalue weighted by atomic mass is 16.5. The number of aromatic nitrogens is 2. The van der Waals surface area contributed by atoms with Gasteiger partial charge in [0.2, 0.25) is 0 Å². The SMILES string of the molecule is CNCCOc1nc(C=NCc2cc(C)ccc2N)cc(N2CCOCC2)n1. The van der Waals surface area contributed by atoms with Crippen LogP contribution in [0.2, 0.25) is 0 Å². The van der Waals surface area contributed by atoms with Gasteiger partial charge in [-0.1, -0.05) is 17.7 Å². The van der Waals surface area contributed by atoms with E-state index in [9.17, 15) is 0 Å². The summed E-state index contributed by atoms with van der Waals surface area (Å²) in [6.45, 7) is 6.74. The molecule has 3 rings (SSSR count). The van der Waals surface area contributed by atoms with Crippen molar-refractivity contribution in [3.63, 3.8) is 0 Å². The number of hydrogen-bond donors (Lipinski definition) is 2. The van der Waals surface area contributed by atoms with Gasteiger partial charge in [-0.05, 0) is 25.6 Å². The van der Waals surface area contributed by atoms with E-state index in [-0.39, 0.29) is 0 Å². The van der Waals surface area contributed by atoms with Crippen LogP contribution in [0.4, 0.5) is 11.5 Å². The van der Waals surface area contributed by atoms with Crippen LogP contribution in [-0.4, -0.2) is 62.7 Å². The van der Waals surface area contributed by atoms with Crippen LogP contribution in [-0.2, 0) is 11.3 Å². The average Bonchev–Trinajstić information content (AvgIpc) is 2.71. The lowest BCUT2D eigenvalue weighted by Gasteiger charge is -2.28. The molecular weight excluding hydrogens is 356 g/mol. The molecule has 0 amide bonds. The van der Waals surface area contributed by atoms with E-state index in [2.05, 4.69) is 31.2 Å². The van der Waals surface area contributed by atoms with Crippen LogP contribution in [0.15, 0.2) is 29.3 Å². The van der Waals surface area contributed by atoms with Crippen LogP contribution in [0.25, 0.3) is 0 Å². The smallest absolute Gasteiger partial charge is 0.319 e. The van der Waals surface area contributed by atoms with Gasteiger partial charge in [0.1, 0.15) is 12.4 Å². The van der Waals surface area contributed by atoms with Crippen molar-refractivity contribution in [3.8, 4) is 6.01 Å². The van der Waals surface area contributed by atoms with Gasteiger partial charge in [-0.2, -0.15) is 9.97 Å². The van der Waals surface area contributed by atoms with Crippen LogP contribution in [0.5, 0.6) is 6.01 Å². The molecule has 0 atom stereocenters. The van der Waals surface area contributed by atoms with Crippen LogP contribution in [0.1, 0.15) is 16.8 Å². The van der Waals surface area contributed by atoms with E-state index in [1.807, 2.05) is 32.2 Å². The third-order valence-electron chi connectivity index (χ3n) is 4.41. The number of rotatable bonds is 8. The van der Waals surface area contributed by atoms with E-state index in [0.717, 1.165) is 42.3 Å². The predicted octanol–water partition coefficient (Wildman–Crippen LogP) is 1.42. The Bertz CT molecular complexity index is 805. The number of likely N-dealkylation sites (N-methyl/N-ethyl adjacent to an activating group) is 1. The molecule has 8 heteroatoms. The molecule has 0 spiro atoms. The number of nitrogen functional groups attached to an aromatic ring is 1. The predicted molar refractivity (Wildman–Crippen MR) is 111 cm³/mol. The van der Waals surface area contributed by atoms with Gasteiger partial charge >= 0.3 is 6.01 Å². The highest BCUT2D eigenvalue weighted by Gasteiger charge is 2.15. The zero-order chi connectivity index (χ0) is 19.8. The second-order valence-electron chi connectivity index (χ2n) is 6.66. The first kappa shape index (κ1) is 20.0. The van der Waals surface area contributed by atoms with Crippen molar-refractivity contribution in [2.45, 2.75) is 13.5 Å². The molecule has 1 saturated heterocycles. The zero-order valence-electron chi connectivity index (χ0n) is 16.5. The minimum absolute atomic E-state index is 0.357. The van der Waals surface area contributed by atoms with Crippen LogP contribution in [0.3, 0.4) is 0 Å². The maximum atomic E-state index is 6.04. The van der Waals surface area contributed by atoms with Crippen molar-refractivity contribution in [1.29, 1.82) is 0 Å². The minimum atomic E-state index is 0.357. The maximum absolute atomic E-state index is 6.04. The first-order chi connectivity index (χ1) is 13.7. The van der Waals surface area contributed by atoms with E-state index >= 15 is 0 Å². The second kappa shape index (κ2) is 10.0. The molecule has 150 valence electrons. The molecule has 2 heterocycles. The van der Waals surface area contributed by atoms with Crippen LogP contribution >= 0.6 is 0 Å². The Balaban J connectivity index is 1.77. The quantitative estimate of drug-likeness (QED) is 0.403. The molecule has 1 aliphatic rings. The number of aryl methyl sites for hydroxylation is 1. The minimum Gasteiger partial charge on any atom is -0.462 e. The van der Waals surface area contributed by atoms with Crippen molar-refractivity contribution in [3.05, 3.63) is 41.1 Å². The van der Waals surface area contributed by atoms with Gasteiger partial charge in [-0.3, -0.25) is 4.99 Å². The first-order valence-corrected chi connectivity index (χ1v) is 9.49. The highest BCUT2D eigenvalue weighted by molar-refractivity contribution is 5.78. The monoisotopic (exact) mass is 384 g/mol. The number of nitrogens with one attached hydrogen (secondary N) is 1. The van der Waals surface area contributed by atoms with Gasteiger partial charge in [0.25, 0.3) is 0 Å². The Morgan fingerprint density at radius 2 is 2.11 bits per heavy atom. The Kier molecular flexibility index (Phi) is 7.16. The Morgan fingerprint density at radius 3 is 2.89 bits per heavy atom. The van der Waals surface area contributed by atoms with Gasteiger partial charge in [-0.25, -0.2) is 0 Å². The molecule has 3 N–H and O–H groups in total. The summed E-state index contributed by atoms with van der Waals surface area (Å²) in [6, 6.07) is 8.25. The number of ether oxygens (including phenoxy) is 2. The third kappa shape index (κ3) is 5.64. The summed E-state index contributed by atoms with van der Waals surface area (Å²) < 4.78 is 11.1. The summed E-state index contributed by atoms with van der Waals surface area (Å²) in [6.07, 6.45) is 1.75. The highest BCUT2D eigenvalue weighted by Crippen LogP contribution is 2.18. The number of benzene rings is 1. The molecule has 0 saturated carbocycles. The molecule has 1 aromatic carbocycles. The molecule has 0 bridgehead atoms. The standard InChI is InChI=1S/C20H28N6O2/c1-15-3-4-18(21)16(11-15)13-23-14-17-12-19(26-6-9-27-10-7-26)25-20(24-17)28-8-5-22-2/h3-4,11-12,14,22H,5-10,13,21H2,1-2H3. The van der Waals surface area contributed by atoms with Crippen LogP contribution < -0.4 is 20.7 Å². The normalized spacial score (nSPS) is 14.6. The third-order valence-corrected chi connectivity index (χ3v) is 4.41. The van der Waals surface area contributed by atoms with Gasteiger partial charge in [0, 0.05) is 37.6 Å². The number of anilines is 2. The van der Waals surface area contributed by atoms with Gasteiger partial charge in [0.15, 0.2) is 0 Å². The Morgan fingerprint density at radius 1 is 1.29 bits per heavy atom. The van der Waals surface area contributed by atoms with E-state index in [4.69, 9.17) is 15.2 Å². The number of nitrogens with two attached hydrogens (primary N) is 1. The zero-order valence-corrected chi connectivity index (χ0v) is 16.5. The summed E-state index contributed by atoms with van der Waals surface area (Å²) in [7, 11) is 1.88. The fraction of sp³-hybridized carbons (Fsp3) is 0.450. The Hall–Kier alpha value is -2.71. The topological polar surface area (TPSA) is 97.9 Å². The van der Waals surface area contributed by atoms with E-state index < -0.39 is 0 Å². The molecular formula is C20H28N6O2. The summed E-state index contributed by atoms with van der Waals surface area (Å²) in [5.41, 5.74) is 9.66. The second-order valence-corrected chi connectivity index (χ2v) is 6.66. The van der Waals surface area contributed by atoms with Gasteiger partial charge < -0.3 is 25.4 Å². The van der Waals surface area contributed by atoms with Crippen LogP contribution in [0, 0.1) is 6.92 Å². The number of hydrogen-bond acceptors (Lipinski definition) is 8.